The van der Waals surface area contributed by atoms with Gasteiger partial charge in [0.25, 0.3) is 10.0 Å². The number of nitrogens with one attached hydrogen (secondary N) is 5. The van der Waals surface area contributed by atoms with Crippen molar-refractivity contribution in [3.8, 4) is 0 Å². The van der Waals surface area contributed by atoms with Crippen LogP contribution in [0.5, 0.6) is 0 Å². The molecule has 5 rings (SSSR count). The molecule has 45 heavy (non-hydrogen) atoms. The fourth-order valence-corrected chi connectivity index (χ4v) is 5.48. The van der Waals surface area contributed by atoms with E-state index in [2.05, 4.69) is 30.6 Å². The van der Waals surface area contributed by atoms with Crippen LogP contribution in [0, 0.1) is 0 Å². The summed E-state index contributed by atoms with van der Waals surface area (Å²) in [6.45, 7) is -0.0121. The van der Waals surface area contributed by atoms with Gasteiger partial charge in [-0.25, -0.2) is 23.0 Å². The first-order valence-electron chi connectivity index (χ1n) is 13.6. The summed E-state index contributed by atoms with van der Waals surface area (Å²) in [6.07, 6.45) is -1.30. The number of carbonyl (C=O) groups excluding carboxylic acids is 2. The van der Waals surface area contributed by atoms with Gasteiger partial charge in [0.2, 0.25) is 5.95 Å². The molecule has 1 aromatic heterocycles. The number of amides is 3. The van der Waals surface area contributed by atoms with Gasteiger partial charge in [-0.3, -0.25) is 14.8 Å². The molecule has 230 valence electrons. The second-order valence-electron chi connectivity index (χ2n) is 9.80. The zero-order chi connectivity index (χ0) is 31.8. The quantitative estimate of drug-likeness (QED) is 0.111. The van der Waals surface area contributed by atoms with Crippen LogP contribution in [0.25, 0.3) is 11.0 Å². The van der Waals surface area contributed by atoms with Crippen molar-refractivity contribution in [1.82, 2.24) is 15.3 Å². The topological polar surface area (TPSA) is 192 Å². The minimum Gasteiger partial charge on any atom is -0.481 e. The summed E-state index contributed by atoms with van der Waals surface area (Å²) in [5.41, 5.74) is 2.84. The van der Waals surface area contributed by atoms with Crippen LogP contribution in [-0.2, 0) is 26.2 Å². The first kappa shape index (κ1) is 30.6. The van der Waals surface area contributed by atoms with Crippen molar-refractivity contribution in [2.24, 2.45) is 0 Å². The fraction of sp³-hybridized carbons (Fsp3) is 0.0968. The van der Waals surface area contributed by atoms with Gasteiger partial charge in [-0.05, 0) is 53.6 Å². The third-order valence-electron chi connectivity index (χ3n) is 6.45. The van der Waals surface area contributed by atoms with Gasteiger partial charge in [-0.2, -0.15) is 0 Å². The third kappa shape index (κ3) is 8.36. The predicted molar refractivity (Wildman–Crippen MR) is 167 cm³/mol. The Hall–Kier alpha value is -5.89. The number of aromatic amines is 1. The van der Waals surface area contributed by atoms with E-state index in [9.17, 15) is 27.9 Å². The van der Waals surface area contributed by atoms with Crippen LogP contribution in [0.3, 0.4) is 0 Å². The lowest BCUT2D eigenvalue weighted by Crippen LogP contribution is -2.30. The molecule has 1 atom stereocenters. The van der Waals surface area contributed by atoms with Gasteiger partial charge in [0.15, 0.2) is 0 Å². The molecule has 5 aromatic rings. The molecule has 1 unspecified atom stereocenters. The minimum absolute atomic E-state index is 0.0121. The number of para-hydroxylation sites is 2. The van der Waals surface area contributed by atoms with Crippen molar-refractivity contribution in [2.45, 2.75) is 24.0 Å². The molecular formula is C31H28N6O7S. The number of ether oxygens (including phenoxy) is 1. The summed E-state index contributed by atoms with van der Waals surface area (Å²) in [4.78, 5) is 43.7. The van der Waals surface area contributed by atoms with Crippen LogP contribution in [-0.4, -0.2) is 41.6 Å². The number of aromatic nitrogens is 2. The molecule has 0 aliphatic carbocycles. The van der Waals surface area contributed by atoms with E-state index < -0.39 is 40.6 Å². The van der Waals surface area contributed by atoms with Crippen molar-refractivity contribution in [3.05, 3.63) is 114 Å². The maximum atomic E-state index is 13.2. The second kappa shape index (κ2) is 13.6. The number of alkyl carbamates (subject to hydrolysis) is 1. The SMILES string of the molecule is O=C(O)CC(NC(=O)OCc1ccccc1)c1cccc(NS(=O)(=O)c2cccc(NC(=O)Nc3nc4ccccc4[nH]3)c2)c1. The Bertz CT molecular complexity index is 1910. The fourth-order valence-electron chi connectivity index (χ4n) is 4.39. The molecule has 0 bridgehead atoms. The number of H-pyrrole nitrogens is 1. The van der Waals surface area contributed by atoms with Crippen LogP contribution in [0.4, 0.5) is 26.9 Å². The molecule has 0 aliphatic rings. The van der Waals surface area contributed by atoms with Crippen molar-refractivity contribution in [2.75, 3.05) is 15.4 Å². The van der Waals surface area contributed by atoms with Gasteiger partial charge < -0.3 is 25.5 Å². The van der Waals surface area contributed by atoms with Gasteiger partial charge in [-0.1, -0.05) is 60.7 Å². The second-order valence-corrected chi connectivity index (χ2v) is 11.5. The third-order valence-corrected chi connectivity index (χ3v) is 7.83. The van der Waals surface area contributed by atoms with Crippen LogP contribution < -0.4 is 20.7 Å². The van der Waals surface area contributed by atoms with Crippen LogP contribution in [0.15, 0.2) is 108 Å². The number of imidazole rings is 1. The average Bonchev–Trinajstić information content (AvgIpc) is 3.42. The van der Waals surface area contributed by atoms with E-state index in [0.29, 0.717) is 11.1 Å². The molecule has 0 saturated carbocycles. The highest BCUT2D eigenvalue weighted by Crippen LogP contribution is 2.24. The number of fused-ring (bicyclic) bond motifs is 1. The lowest BCUT2D eigenvalue weighted by atomic mass is 10.0. The number of nitrogens with zero attached hydrogens (tertiary/aromatic N) is 1. The number of carboxylic acid groups (broad SMARTS) is 1. The highest BCUT2D eigenvalue weighted by molar-refractivity contribution is 7.92. The van der Waals surface area contributed by atoms with E-state index in [-0.39, 0.29) is 28.8 Å². The van der Waals surface area contributed by atoms with Crippen molar-refractivity contribution in [3.63, 3.8) is 0 Å². The van der Waals surface area contributed by atoms with Gasteiger partial charge in [0, 0.05) is 11.4 Å². The van der Waals surface area contributed by atoms with E-state index in [0.717, 1.165) is 11.1 Å². The van der Waals surface area contributed by atoms with E-state index in [4.69, 9.17) is 4.74 Å². The number of sulfonamides is 1. The standard InChI is InChI=1S/C31H28N6O7S/c38-28(39)18-27(35-31(41)44-19-20-8-2-1-3-9-20)21-10-6-12-23(16-21)37-45(42,43)24-13-7-11-22(17-24)32-30(40)36-29-33-25-14-4-5-15-26(25)34-29/h1-17,27,37H,18-19H2,(H,35,41)(H,38,39)(H3,32,33,34,36,40). The molecule has 1 heterocycles. The summed E-state index contributed by atoms with van der Waals surface area (Å²) < 4.78 is 34.2. The number of rotatable bonds is 11. The number of hydrogen-bond donors (Lipinski definition) is 6. The van der Waals surface area contributed by atoms with Gasteiger partial charge in [0.05, 0.1) is 28.4 Å². The van der Waals surface area contributed by atoms with Crippen LogP contribution >= 0.6 is 0 Å². The molecule has 4 aromatic carbocycles. The first-order chi connectivity index (χ1) is 21.6. The minimum atomic E-state index is -4.14. The van der Waals surface area contributed by atoms with Crippen LogP contribution in [0.1, 0.15) is 23.6 Å². The summed E-state index contributed by atoms with van der Waals surface area (Å²) in [5.74, 6) is -0.956. The molecule has 0 radical (unpaired) electrons. The summed E-state index contributed by atoms with van der Waals surface area (Å²) in [6, 6.07) is 26.2. The molecule has 0 fully saturated rings. The predicted octanol–water partition coefficient (Wildman–Crippen LogP) is 5.45. The molecule has 0 aliphatic heterocycles. The van der Waals surface area contributed by atoms with Gasteiger partial charge in [0.1, 0.15) is 6.61 Å². The Morgan fingerprint density at radius 2 is 1.58 bits per heavy atom. The lowest BCUT2D eigenvalue weighted by Gasteiger charge is -2.18. The number of benzene rings is 4. The van der Waals surface area contributed by atoms with E-state index in [1.165, 1.54) is 42.5 Å². The molecule has 13 nitrogen and oxygen atoms in total. The number of anilines is 3. The Kier molecular flexibility index (Phi) is 9.24. The Morgan fingerprint density at radius 3 is 2.36 bits per heavy atom. The molecule has 3 amide bonds. The maximum Gasteiger partial charge on any atom is 0.407 e. The van der Waals surface area contributed by atoms with E-state index in [1.807, 2.05) is 24.3 Å². The van der Waals surface area contributed by atoms with Crippen molar-refractivity contribution >= 4 is 56.5 Å². The average molecular weight is 629 g/mol. The van der Waals surface area contributed by atoms with E-state index >= 15 is 0 Å². The highest BCUT2D eigenvalue weighted by atomic mass is 32.2. The lowest BCUT2D eigenvalue weighted by molar-refractivity contribution is -0.137. The Labute approximate surface area is 257 Å². The zero-order valence-electron chi connectivity index (χ0n) is 23.6. The molecule has 0 saturated heterocycles. The number of urea groups is 1. The van der Waals surface area contributed by atoms with Crippen LogP contribution in [0.2, 0.25) is 0 Å². The summed E-state index contributed by atoms with van der Waals surface area (Å²) in [7, 11) is -4.14. The summed E-state index contributed by atoms with van der Waals surface area (Å²) in [5, 5.41) is 17.1. The molecule has 14 heteroatoms. The maximum absolute atomic E-state index is 13.2. The number of carboxylic acids is 1. The van der Waals surface area contributed by atoms with E-state index in [1.54, 1.807) is 36.4 Å². The van der Waals surface area contributed by atoms with Crippen molar-refractivity contribution in [1.29, 1.82) is 0 Å². The molecule has 6 N–H and O–H groups in total. The van der Waals surface area contributed by atoms with Gasteiger partial charge in [-0.15, -0.1) is 0 Å². The van der Waals surface area contributed by atoms with Crippen molar-refractivity contribution < 1.29 is 32.6 Å². The normalized spacial score (nSPS) is 11.7. The Morgan fingerprint density at radius 1 is 0.844 bits per heavy atom. The smallest absolute Gasteiger partial charge is 0.407 e. The Balaban J connectivity index is 1.24. The largest absolute Gasteiger partial charge is 0.481 e. The monoisotopic (exact) mass is 628 g/mol. The number of carbonyl (C=O) groups is 3. The molecule has 0 spiro atoms. The first-order valence-corrected chi connectivity index (χ1v) is 15.1. The summed E-state index contributed by atoms with van der Waals surface area (Å²) >= 11 is 0. The number of hydrogen-bond acceptors (Lipinski definition) is 7. The number of aliphatic carboxylic acids is 1. The molecular weight excluding hydrogens is 600 g/mol. The highest BCUT2D eigenvalue weighted by Gasteiger charge is 2.21. The van der Waals surface area contributed by atoms with Gasteiger partial charge >= 0.3 is 18.1 Å². The zero-order valence-corrected chi connectivity index (χ0v) is 24.4.